The maximum atomic E-state index is 12.9. The summed E-state index contributed by atoms with van der Waals surface area (Å²) in [5.74, 6) is 2.13. The second-order valence-electron chi connectivity index (χ2n) is 7.53. The summed E-state index contributed by atoms with van der Waals surface area (Å²) in [7, 11) is 3.16. The van der Waals surface area contributed by atoms with Crippen LogP contribution in [0.5, 0.6) is 17.2 Å². The number of benzene rings is 3. The molecule has 1 fully saturated rings. The third-order valence-corrected chi connectivity index (χ3v) is 5.70. The van der Waals surface area contributed by atoms with Gasteiger partial charge >= 0.3 is 0 Å². The molecule has 0 bridgehead atoms. The summed E-state index contributed by atoms with van der Waals surface area (Å²) in [4.78, 5) is 17.1. The number of methoxy groups -OCH3 is 2. The van der Waals surface area contributed by atoms with E-state index in [0.717, 1.165) is 30.8 Å². The van der Waals surface area contributed by atoms with Crippen molar-refractivity contribution in [3.63, 3.8) is 0 Å². The maximum Gasteiger partial charge on any atom is 0.254 e. The van der Waals surface area contributed by atoms with Crippen molar-refractivity contribution in [2.45, 2.75) is 0 Å². The smallest absolute Gasteiger partial charge is 0.254 e. The first-order valence-electron chi connectivity index (χ1n) is 10.5. The molecule has 0 N–H and O–H groups in total. The Balaban J connectivity index is 1.28. The average Bonchev–Trinajstić information content (AvgIpc) is 2.83. The molecule has 0 spiro atoms. The molecule has 0 atom stereocenters. The highest BCUT2D eigenvalue weighted by Gasteiger charge is 2.23. The lowest BCUT2D eigenvalue weighted by atomic mass is 10.1. The summed E-state index contributed by atoms with van der Waals surface area (Å²) in [5.41, 5.74) is 0.616. The van der Waals surface area contributed by atoms with Crippen LogP contribution in [0.4, 0.5) is 0 Å². The Hall–Kier alpha value is -3.25. The molecule has 0 radical (unpaired) electrons. The van der Waals surface area contributed by atoms with Gasteiger partial charge in [0.15, 0.2) is 11.5 Å². The van der Waals surface area contributed by atoms with Crippen LogP contribution < -0.4 is 14.2 Å². The van der Waals surface area contributed by atoms with Crippen molar-refractivity contribution in [3.8, 4) is 17.2 Å². The molecule has 1 heterocycles. The molecular formula is C25H28N2O4. The van der Waals surface area contributed by atoms with Crippen LogP contribution in [0.3, 0.4) is 0 Å². The molecule has 162 valence electrons. The Bertz CT molecular complexity index is 1040. The van der Waals surface area contributed by atoms with Gasteiger partial charge in [-0.2, -0.15) is 0 Å². The predicted octanol–water partition coefficient (Wildman–Crippen LogP) is 3.69. The third-order valence-electron chi connectivity index (χ3n) is 5.70. The second kappa shape index (κ2) is 9.71. The Morgan fingerprint density at radius 3 is 2.35 bits per heavy atom. The topological polar surface area (TPSA) is 51.2 Å². The highest BCUT2D eigenvalue weighted by atomic mass is 16.5. The van der Waals surface area contributed by atoms with Gasteiger partial charge in [0.1, 0.15) is 12.4 Å². The Morgan fingerprint density at radius 1 is 0.839 bits per heavy atom. The highest BCUT2D eigenvalue weighted by molar-refractivity contribution is 5.95. The molecule has 0 saturated carbocycles. The fraction of sp³-hybridized carbons (Fsp3) is 0.320. The third kappa shape index (κ3) is 4.75. The van der Waals surface area contributed by atoms with E-state index in [0.29, 0.717) is 36.8 Å². The first-order valence-corrected chi connectivity index (χ1v) is 10.5. The van der Waals surface area contributed by atoms with Crippen LogP contribution in [0.15, 0.2) is 60.7 Å². The van der Waals surface area contributed by atoms with Crippen molar-refractivity contribution in [2.75, 3.05) is 53.6 Å². The van der Waals surface area contributed by atoms with E-state index in [1.165, 1.54) is 5.39 Å². The predicted molar refractivity (Wildman–Crippen MR) is 121 cm³/mol. The van der Waals surface area contributed by atoms with Crippen molar-refractivity contribution >= 4 is 16.7 Å². The molecule has 0 unspecified atom stereocenters. The molecule has 31 heavy (non-hydrogen) atoms. The van der Waals surface area contributed by atoms with Crippen molar-refractivity contribution in [3.05, 3.63) is 66.2 Å². The molecule has 6 heteroatoms. The first kappa shape index (κ1) is 21.0. The SMILES string of the molecule is COc1ccc(C(=O)N2CCN(CCOc3cccc4ccccc34)CC2)cc1OC. The number of hydrogen-bond donors (Lipinski definition) is 0. The van der Waals surface area contributed by atoms with Crippen LogP contribution in [0, 0.1) is 0 Å². The summed E-state index contributed by atoms with van der Waals surface area (Å²) >= 11 is 0. The van der Waals surface area contributed by atoms with Gasteiger partial charge in [-0.15, -0.1) is 0 Å². The van der Waals surface area contributed by atoms with Crippen LogP contribution in [-0.2, 0) is 0 Å². The zero-order valence-corrected chi connectivity index (χ0v) is 18.0. The van der Waals surface area contributed by atoms with Gasteiger partial charge in [-0.1, -0.05) is 36.4 Å². The van der Waals surface area contributed by atoms with Crippen LogP contribution >= 0.6 is 0 Å². The number of carbonyl (C=O) groups is 1. The second-order valence-corrected chi connectivity index (χ2v) is 7.53. The molecule has 1 saturated heterocycles. The van der Waals surface area contributed by atoms with E-state index < -0.39 is 0 Å². The lowest BCUT2D eigenvalue weighted by Crippen LogP contribution is -2.49. The van der Waals surface area contributed by atoms with E-state index in [2.05, 4.69) is 23.1 Å². The monoisotopic (exact) mass is 420 g/mol. The number of nitrogens with zero attached hydrogens (tertiary/aromatic N) is 2. The standard InChI is InChI=1S/C25H28N2O4/c1-29-23-11-10-20(18-24(23)30-2)25(28)27-14-12-26(13-15-27)16-17-31-22-9-5-7-19-6-3-4-8-21(19)22/h3-11,18H,12-17H2,1-2H3. The zero-order chi connectivity index (χ0) is 21.6. The van der Waals surface area contributed by atoms with E-state index in [1.54, 1.807) is 32.4 Å². The Kier molecular flexibility index (Phi) is 6.57. The lowest BCUT2D eigenvalue weighted by Gasteiger charge is -2.34. The zero-order valence-electron chi connectivity index (χ0n) is 18.0. The summed E-state index contributed by atoms with van der Waals surface area (Å²) in [6, 6.07) is 19.7. The molecule has 0 aliphatic carbocycles. The molecule has 3 aromatic carbocycles. The molecule has 1 amide bonds. The number of fused-ring (bicyclic) bond motifs is 1. The van der Waals surface area contributed by atoms with Gasteiger partial charge in [0.2, 0.25) is 0 Å². The molecule has 3 aromatic rings. The van der Waals surface area contributed by atoms with Crippen molar-refractivity contribution in [1.29, 1.82) is 0 Å². The minimum atomic E-state index is 0.0209. The van der Waals surface area contributed by atoms with Gasteiger partial charge in [-0.25, -0.2) is 0 Å². The average molecular weight is 421 g/mol. The highest BCUT2D eigenvalue weighted by Crippen LogP contribution is 2.28. The molecule has 0 aromatic heterocycles. The number of carbonyl (C=O) groups excluding carboxylic acids is 1. The first-order chi connectivity index (χ1) is 15.2. The molecule has 1 aliphatic rings. The van der Waals surface area contributed by atoms with Gasteiger partial charge in [-0.05, 0) is 29.7 Å². The summed E-state index contributed by atoms with van der Waals surface area (Å²) in [6.45, 7) is 4.51. The number of piperazine rings is 1. The van der Waals surface area contributed by atoms with Gasteiger partial charge < -0.3 is 19.1 Å². The summed E-state index contributed by atoms with van der Waals surface area (Å²) in [5, 5.41) is 2.32. The number of ether oxygens (including phenoxy) is 3. The Labute approximate surface area is 182 Å². The quantitative estimate of drug-likeness (QED) is 0.584. The fourth-order valence-corrected chi connectivity index (χ4v) is 3.93. The van der Waals surface area contributed by atoms with Crippen molar-refractivity contribution in [2.24, 2.45) is 0 Å². The van der Waals surface area contributed by atoms with Crippen LogP contribution in [-0.4, -0.2) is 69.3 Å². The minimum absolute atomic E-state index is 0.0209. The number of hydrogen-bond acceptors (Lipinski definition) is 5. The largest absolute Gasteiger partial charge is 0.493 e. The molecule has 4 rings (SSSR count). The van der Waals surface area contributed by atoms with Crippen LogP contribution in [0.25, 0.3) is 10.8 Å². The van der Waals surface area contributed by atoms with E-state index in [1.807, 2.05) is 29.2 Å². The maximum absolute atomic E-state index is 12.9. The minimum Gasteiger partial charge on any atom is -0.493 e. The van der Waals surface area contributed by atoms with Gasteiger partial charge in [-0.3, -0.25) is 9.69 Å². The molecule has 1 aliphatic heterocycles. The van der Waals surface area contributed by atoms with E-state index in [4.69, 9.17) is 14.2 Å². The molecule has 6 nitrogen and oxygen atoms in total. The van der Waals surface area contributed by atoms with Crippen molar-refractivity contribution < 1.29 is 19.0 Å². The molecular weight excluding hydrogens is 392 g/mol. The fourth-order valence-electron chi connectivity index (χ4n) is 3.93. The van der Waals surface area contributed by atoms with Crippen LogP contribution in [0.2, 0.25) is 0 Å². The number of amides is 1. The van der Waals surface area contributed by atoms with Gasteiger partial charge in [0, 0.05) is 43.7 Å². The van der Waals surface area contributed by atoms with Gasteiger partial charge in [0.05, 0.1) is 14.2 Å². The van der Waals surface area contributed by atoms with E-state index >= 15 is 0 Å². The number of rotatable bonds is 7. The summed E-state index contributed by atoms with van der Waals surface area (Å²) in [6.07, 6.45) is 0. The van der Waals surface area contributed by atoms with E-state index in [-0.39, 0.29) is 5.91 Å². The van der Waals surface area contributed by atoms with Gasteiger partial charge in [0.25, 0.3) is 5.91 Å². The summed E-state index contributed by atoms with van der Waals surface area (Å²) < 4.78 is 16.6. The van der Waals surface area contributed by atoms with Crippen LogP contribution in [0.1, 0.15) is 10.4 Å². The van der Waals surface area contributed by atoms with Crippen molar-refractivity contribution in [1.82, 2.24) is 9.80 Å². The Morgan fingerprint density at radius 2 is 1.58 bits per heavy atom. The van der Waals surface area contributed by atoms with E-state index in [9.17, 15) is 4.79 Å². The normalized spacial score (nSPS) is 14.5. The lowest BCUT2D eigenvalue weighted by molar-refractivity contribution is 0.0620.